The highest BCUT2D eigenvalue weighted by Crippen LogP contribution is 2.29. The van der Waals surface area contributed by atoms with Gasteiger partial charge in [-0.15, -0.1) is 11.8 Å². The van der Waals surface area contributed by atoms with Gasteiger partial charge >= 0.3 is 0 Å². The second-order valence-electron chi connectivity index (χ2n) is 4.23. The Morgan fingerprint density at radius 2 is 1.75 bits per heavy atom. The average molecular weight is 302 g/mol. The Bertz CT molecular complexity index is 696. The number of hydrogen-bond donors (Lipinski definition) is 0. The molecule has 20 heavy (non-hydrogen) atoms. The average Bonchev–Trinajstić information content (AvgIpc) is 2.96. The molecule has 0 aliphatic heterocycles. The van der Waals surface area contributed by atoms with E-state index in [4.69, 9.17) is 16.0 Å². The Labute approximate surface area is 126 Å². The van der Waals surface area contributed by atoms with Crippen LogP contribution in [0.25, 0.3) is 11.5 Å². The molecule has 0 radical (unpaired) electrons. The summed E-state index contributed by atoms with van der Waals surface area (Å²) >= 11 is 7.78. The highest BCUT2D eigenvalue weighted by Gasteiger charge is 2.07. The molecule has 0 bridgehead atoms. The lowest BCUT2D eigenvalue weighted by Gasteiger charge is -2.00. The van der Waals surface area contributed by atoms with Crippen molar-refractivity contribution in [3.63, 3.8) is 0 Å². The summed E-state index contributed by atoms with van der Waals surface area (Å²) in [7, 11) is 0. The summed E-state index contributed by atoms with van der Waals surface area (Å²) in [5.74, 6) is 1.39. The van der Waals surface area contributed by atoms with Crippen LogP contribution >= 0.6 is 23.4 Å². The topological polar surface area (TPSA) is 26.0 Å². The fourth-order valence-corrected chi connectivity index (χ4v) is 2.92. The second-order valence-corrected chi connectivity index (χ2v) is 5.65. The minimum absolute atomic E-state index is 0.653. The van der Waals surface area contributed by atoms with E-state index in [0.29, 0.717) is 5.89 Å². The molecule has 0 aliphatic rings. The number of oxazole rings is 1. The standard InChI is InChI=1S/C16H12ClNOS/c17-14-8-4-5-9-15(14)20-11-13-10-19-16(18-13)12-6-2-1-3-7-12/h1-10H,11H2. The Morgan fingerprint density at radius 1 is 1.00 bits per heavy atom. The summed E-state index contributed by atoms with van der Waals surface area (Å²) in [5, 5.41) is 0.768. The van der Waals surface area contributed by atoms with E-state index in [0.717, 1.165) is 26.9 Å². The lowest BCUT2D eigenvalue weighted by atomic mass is 10.2. The van der Waals surface area contributed by atoms with Crippen molar-refractivity contribution in [2.45, 2.75) is 10.6 Å². The maximum atomic E-state index is 6.13. The first-order valence-corrected chi connectivity index (χ1v) is 7.56. The molecular formula is C16H12ClNOS. The summed E-state index contributed by atoms with van der Waals surface area (Å²) < 4.78 is 5.51. The molecule has 3 aromatic rings. The van der Waals surface area contributed by atoms with Gasteiger partial charge in [0.15, 0.2) is 0 Å². The maximum absolute atomic E-state index is 6.13. The summed E-state index contributed by atoms with van der Waals surface area (Å²) in [5.41, 5.74) is 1.90. The molecule has 0 atom stereocenters. The van der Waals surface area contributed by atoms with Crippen molar-refractivity contribution in [1.82, 2.24) is 4.98 Å². The van der Waals surface area contributed by atoms with Crippen molar-refractivity contribution in [3.8, 4) is 11.5 Å². The molecular weight excluding hydrogens is 290 g/mol. The number of aromatic nitrogens is 1. The van der Waals surface area contributed by atoms with E-state index in [1.807, 2.05) is 54.6 Å². The van der Waals surface area contributed by atoms with Gasteiger partial charge in [-0.3, -0.25) is 0 Å². The number of thioether (sulfide) groups is 1. The van der Waals surface area contributed by atoms with Crippen LogP contribution in [0.15, 0.2) is 70.2 Å². The lowest BCUT2D eigenvalue weighted by Crippen LogP contribution is -1.82. The van der Waals surface area contributed by atoms with Gasteiger partial charge in [-0.05, 0) is 24.3 Å². The molecule has 0 amide bonds. The molecule has 1 heterocycles. The molecule has 2 nitrogen and oxygen atoms in total. The highest BCUT2D eigenvalue weighted by molar-refractivity contribution is 7.98. The van der Waals surface area contributed by atoms with Gasteiger partial charge in [-0.1, -0.05) is 41.9 Å². The van der Waals surface area contributed by atoms with Crippen LogP contribution in [0.1, 0.15) is 5.69 Å². The van der Waals surface area contributed by atoms with Gasteiger partial charge in [0.25, 0.3) is 0 Å². The fraction of sp³-hybridized carbons (Fsp3) is 0.0625. The predicted octanol–water partition coefficient (Wildman–Crippen LogP) is 5.29. The van der Waals surface area contributed by atoms with E-state index >= 15 is 0 Å². The van der Waals surface area contributed by atoms with Gasteiger partial charge in [0.2, 0.25) is 5.89 Å². The molecule has 0 aliphatic carbocycles. The van der Waals surface area contributed by atoms with Crippen molar-refractivity contribution in [3.05, 3.63) is 71.6 Å². The van der Waals surface area contributed by atoms with Gasteiger partial charge in [0, 0.05) is 16.2 Å². The monoisotopic (exact) mass is 301 g/mol. The zero-order chi connectivity index (χ0) is 13.8. The minimum atomic E-state index is 0.653. The molecule has 0 spiro atoms. The number of hydrogen-bond acceptors (Lipinski definition) is 3. The normalized spacial score (nSPS) is 10.7. The summed E-state index contributed by atoms with van der Waals surface area (Å²) in [4.78, 5) is 5.55. The van der Waals surface area contributed by atoms with Crippen LogP contribution in [0.5, 0.6) is 0 Å². The Balaban J connectivity index is 1.71. The zero-order valence-electron chi connectivity index (χ0n) is 10.6. The van der Waals surface area contributed by atoms with Crippen molar-refractivity contribution in [1.29, 1.82) is 0 Å². The van der Waals surface area contributed by atoms with Crippen molar-refractivity contribution < 1.29 is 4.42 Å². The lowest BCUT2D eigenvalue weighted by molar-refractivity contribution is 0.573. The number of rotatable bonds is 4. The van der Waals surface area contributed by atoms with Crippen LogP contribution in [-0.4, -0.2) is 4.98 Å². The van der Waals surface area contributed by atoms with E-state index in [-0.39, 0.29) is 0 Å². The molecule has 4 heteroatoms. The molecule has 0 saturated carbocycles. The van der Waals surface area contributed by atoms with E-state index in [9.17, 15) is 0 Å². The number of nitrogens with zero attached hydrogens (tertiary/aromatic N) is 1. The number of benzene rings is 2. The van der Waals surface area contributed by atoms with Gasteiger partial charge in [0.05, 0.1) is 10.7 Å². The first kappa shape index (κ1) is 13.3. The third-order valence-corrected chi connectivity index (χ3v) is 4.33. The maximum Gasteiger partial charge on any atom is 0.226 e. The zero-order valence-corrected chi connectivity index (χ0v) is 12.2. The minimum Gasteiger partial charge on any atom is -0.444 e. The predicted molar refractivity (Wildman–Crippen MR) is 83.0 cm³/mol. The van der Waals surface area contributed by atoms with E-state index in [2.05, 4.69) is 4.98 Å². The Kier molecular flexibility index (Phi) is 4.09. The highest BCUT2D eigenvalue weighted by atomic mass is 35.5. The molecule has 0 unspecified atom stereocenters. The van der Waals surface area contributed by atoms with Crippen molar-refractivity contribution in [2.24, 2.45) is 0 Å². The third kappa shape index (κ3) is 3.06. The first-order valence-electron chi connectivity index (χ1n) is 6.20. The Hall–Kier alpha value is -1.71. The first-order chi connectivity index (χ1) is 9.83. The molecule has 1 aromatic heterocycles. The summed E-state index contributed by atoms with van der Waals surface area (Å²) in [6, 6.07) is 17.7. The van der Waals surface area contributed by atoms with Gasteiger partial charge < -0.3 is 4.42 Å². The van der Waals surface area contributed by atoms with Crippen LogP contribution in [0, 0.1) is 0 Å². The molecule has 3 rings (SSSR count). The molecule has 2 aromatic carbocycles. The van der Waals surface area contributed by atoms with Crippen LogP contribution < -0.4 is 0 Å². The molecule has 0 fully saturated rings. The summed E-state index contributed by atoms with van der Waals surface area (Å²) in [6.45, 7) is 0. The SMILES string of the molecule is Clc1ccccc1SCc1coc(-c2ccccc2)n1. The largest absolute Gasteiger partial charge is 0.444 e. The van der Waals surface area contributed by atoms with Crippen molar-refractivity contribution in [2.75, 3.05) is 0 Å². The smallest absolute Gasteiger partial charge is 0.226 e. The van der Waals surface area contributed by atoms with Crippen LogP contribution in [0.3, 0.4) is 0 Å². The molecule has 0 saturated heterocycles. The number of halogens is 1. The van der Waals surface area contributed by atoms with Crippen LogP contribution in [0.4, 0.5) is 0 Å². The molecule has 0 N–H and O–H groups in total. The Morgan fingerprint density at radius 3 is 2.55 bits per heavy atom. The third-order valence-electron chi connectivity index (χ3n) is 2.78. The van der Waals surface area contributed by atoms with Crippen LogP contribution in [0.2, 0.25) is 5.02 Å². The van der Waals surface area contributed by atoms with Crippen molar-refractivity contribution >= 4 is 23.4 Å². The van der Waals surface area contributed by atoms with Crippen LogP contribution in [-0.2, 0) is 5.75 Å². The van der Waals surface area contributed by atoms with E-state index in [1.54, 1.807) is 18.0 Å². The summed E-state index contributed by atoms with van der Waals surface area (Å²) in [6.07, 6.45) is 1.70. The van der Waals surface area contributed by atoms with E-state index in [1.165, 1.54) is 0 Å². The quantitative estimate of drug-likeness (QED) is 0.613. The van der Waals surface area contributed by atoms with Gasteiger partial charge in [0.1, 0.15) is 6.26 Å². The van der Waals surface area contributed by atoms with Gasteiger partial charge in [-0.2, -0.15) is 0 Å². The second kappa shape index (κ2) is 6.16. The molecule has 100 valence electrons. The van der Waals surface area contributed by atoms with E-state index < -0.39 is 0 Å². The van der Waals surface area contributed by atoms with Gasteiger partial charge in [-0.25, -0.2) is 4.98 Å². The fourth-order valence-electron chi connectivity index (χ4n) is 1.80.